The van der Waals surface area contributed by atoms with E-state index < -0.39 is 43.5 Å². The molecular weight excluding hydrogens is 164 g/mol. The van der Waals surface area contributed by atoms with Gasteiger partial charge in [-0.25, -0.2) is 9.37 Å². The average Bonchev–Trinajstić information content (AvgIpc) is 2.10. The van der Waals surface area contributed by atoms with Gasteiger partial charge in [-0.05, 0) is 6.04 Å². The van der Waals surface area contributed by atoms with Gasteiger partial charge in [0.05, 0.1) is 13.9 Å². The summed E-state index contributed by atoms with van der Waals surface area (Å²) in [6.45, 7) is 0. The number of hydrogen-bond acceptors (Lipinski definition) is 4. The van der Waals surface area contributed by atoms with Gasteiger partial charge in [0.2, 0.25) is 5.88 Å². The van der Waals surface area contributed by atoms with Gasteiger partial charge >= 0.3 is 7.12 Å². The van der Waals surface area contributed by atoms with Crippen molar-refractivity contribution in [2.45, 2.75) is 0 Å². The van der Waals surface area contributed by atoms with Crippen LogP contribution in [0.5, 0.6) is 5.88 Å². The van der Waals surface area contributed by atoms with Crippen LogP contribution >= 0.6 is 0 Å². The molecule has 0 aromatic carbocycles. The number of aromatic nitrogens is 1. The van der Waals surface area contributed by atoms with Gasteiger partial charge < -0.3 is 14.8 Å². The summed E-state index contributed by atoms with van der Waals surface area (Å²) in [5.41, 5.74) is -0.764. The van der Waals surface area contributed by atoms with Crippen LogP contribution in [0.1, 0.15) is 6.85 Å². The molecule has 0 spiro atoms. The van der Waals surface area contributed by atoms with E-state index in [1.807, 2.05) is 0 Å². The van der Waals surface area contributed by atoms with E-state index in [9.17, 15) is 4.39 Å². The summed E-state index contributed by atoms with van der Waals surface area (Å²) in [6.07, 6.45) is -0.842. The zero-order chi connectivity index (χ0) is 13.4. The lowest BCUT2D eigenvalue weighted by Crippen LogP contribution is -2.30. The molecule has 0 amide bonds. The molecule has 6 heteroatoms. The van der Waals surface area contributed by atoms with Crippen LogP contribution in [-0.4, -0.2) is 29.2 Å². The zero-order valence-electron chi connectivity index (χ0n) is 10.7. The van der Waals surface area contributed by atoms with Crippen LogP contribution in [-0.2, 0) is 0 Å². The molecule has 0 aliphatic rings. The lowest BCUT2D eigenvalue weighted by Gasteiger charge is -2.02. The fourth-order valence-electron chi connectivity index (χ4n) is 0.550. The fraction of sp³-hybridized carbons (Fsp3) is 0.167. The molecule has 2 N–H and O–H groups in total. The van der Waals surface area contributed by atoms with Gasteiger partial charge in [-0.1, -0.05) is 0 Å². The Kier molecular flexibility index (Phi) is 1.23. The summed E-state index contributed by atoms with van der Waals surface area (Å²) in [5, 5.41) is 17.6. The minimum Gasteiger partial charge on any atom is -0.479 e. The Morgan fingerprint density at radius 1 is 1.83 bits per heavy atom. The van der Waals surface area contributed by atoms with E-state index in [0.29, 0.717) is 0 Å². The summed E-state index contributed by atoms with van der Waals surface area (Å²) < 4.78 is 52.1. The van der Waals surface area contributed by atoms with Gasteiger partial charge in [0.1, 0.15) is 0 Å². The van der Waals surface area contributed by atoms with Gasteiger partial charge in [-0.2, -0.15) is 0 Å². The van der Waals surface area contributed by atoms with E-state index in [0.717, 1.165) is 0 Å². The highest BCUT2D eigenvalue weighted by Crippen LogP contribution is 2.08. The van der Waals surface area contributed by atoms with Crippen molar-refractivity contribution in [3.05, 3.63) is 18.0 Å². The Morgan fingerprint density at radius 2 is 2.58 bits per heavy atom. The summed E-state index contributed by atoms with van der Waals surface area (Å²) >= 11 is 0. The van der Waals surface area contributed by atoms with Crippen LogP contribution in [0, 0.1) is 5.82 Å². The predicted octanol–water partition coefficient (Wildman–Crippen LogP) is -1.09. The van der Waals surface area contributed by atoms with Crippen LogP contribution < -0.4 is 10.2 Å². The van der Waals surface area contributed by atoms with Gasteiger partial charge in [0.25, 0.3) is 0 Å². The summed E-state index contributed by atoms with van der Waals surface area (Å²) in [7, 11) is -5.23. The third-order valence-corrected chi connectivity index (χ3v) is 1.06. The first-order chi connectivity index (χ1) is 7.63. The lowest BCUT2D eigenvalue weighted by molar-refractivity contribution is 0.369. The number of hydrogen-bond donors (Lipinski definition) is 2. The Bertz CT molecular complexity index is 441. The smallest absolute Gasteiger partial charge is 0.479 e. The van der Waals surface area contributed by atoms with Crippen LogP contribution in [0.15, 0.2) is 12.2 Å². The molecule has 1 rings (SSSR count). The standard InChI is InChI=1S/C6H7BFNO3/c1-12-6-5(8)2-4(3-9-6)7(10)11/h2-3,10-11H,1H3/i1D3,2D,3D. The van der Waals surface area contributed by atoms with Crippen molar-refractivity contribution in [3.63, 3.8) is 0 Å². The van der Waals surface area contributed by atoms with Crippen LogP contribution in [0.3, 0.4) is 0 Å². The highest BCUT2D eigenvalue weighted by atomic mass is 19.1. The van der Waals surface area contributed by atoms with Crippen LogP contribution in [0.2, 0.25) is 0 Å². The Morgan fingerprint density at radius 3 is 3.17 bits per heavy atom. The summed E-state index contributed by atoms with van der Waals surface area (Å²) in [4.78, 5) is 3.11. The minimum absolute atomic E-state index is 0.764. The molecule has 1 aromatic heterocycles. The van der Waals surface area contributed by atoms with E-state index in [1.54, 1.807) is 0 Å². The number of rotatable bonds is 2. The molecule has 0 bridgehead atoms. The SMILES string of the molecule is [2H]c1nc(OC([2H])([2H])[2H])c(F)c([2H])c1B(O)O. The molecule has 0 unspecified atom stereocenters. The van der Waals surface area contributed by atoms with E-state index in [1.165, 1.54) is 0 Å². The topological polar surface area (TPSA) is 62.6 Å². The molecule has 0 atom stereocenters. The lowest BCUT2D eigenvalue weighted by atomic mass is 9.82. The molecule has 1 heterocycles. The monoisotopic (exact) mass is 176 g/mol. The molecule has 12 heavy (non-hydrogen) atoms. The second kappa shape index (κ2) is 3.51. The molecule has 0 saturated heterocycles. The molecule has 0 fully saturated rings. The number of pyridine rings is 1. The van der Waals surface area contributed by atoms with E-state index in [4.69, 9.17) is 16.9 Å². The van der Waals surface area contributed by atoms with Crippen molar-refractivity contribution in [3.8, 4) is 5.88 Å². The van der Waals surface area contributed by atoms with Crippen molar-refractivity contribution in [1.82, 2.24) is 4.98 Å². The second-order valence-electron chi connectivity index (χ2n) is 1.86. The Balaban J connectivity index is 3.30. The fourth-order valence-corrected chi connectivity index (χ4v) is 0.550. The third kappa shape index (κ3) is 1.72. The Labute approximate surface area is 75.8 Å². The highest BCUT2D eigenvalue weighted by molar-refractivity contribution is 6.58. The average molecular weight is 176 g/mol. The maximum Gasteiger partial charge on any atom is 0.490 e. The molecule has 0 aliphatic heterocycles. The zero-order valence-corrected chi connectivity index (χ0v) is 5.71. The minimum atomic E-state index is -2.98. The van der Waals surface area contributed by atoms with Crippen molar-refractivity contribution >= 4 is 12.6 Å². The first kappa shape index (κ1) is 4.20. The molecule has 0 radical (unpaired) electrons. The molecular formula is C6H7BFNO3. The normalized spacial score (nSPS) is 16.8. The molecule has 0 saturated carbocycles. The first-order valence-electron chi connectivity index (χ1n) is 5.35. The van der Waals surface area contributed by atoms with Crippen LogP contribution in [0.4, 0.5) is 4.39 Å². The third-order valence-electron chi connectivity index (χ3n) is 1.06. The maximum atomic E-state index is 13.4. The largest absolute Gasteiger partial charge is 0.490 e. The van der Waals surface area contributed by atoms with Crippen molar-refractivity contribution in [1.29, 1.82) is 0 Å². The highest BCUT2D eigenvalue weighted by Gasteiger charge is 2.14. The maximum absolute atomic E-state index is 13.4. The quantitative estimate of drug-likeness (QED) is 0.562. The van der Waals surface area contributed by atoms with Crippen molar-refractivity contribution in [2.24, 2.45) is 0 Å². The van der Waals surface area contributed by atoms with E-state index in [2.05, 4.69) is 9.72 Å². The number of nitrogens with zero attached hydrogens (tertiary/aromatic N) is 1. The van der Waals surface area contributed by atoms with Gasteiger partial charge in [0.15, 0.2) is 5.82 Å². The predicted molar refractivity (Wildman–Crippen MR) is 40.6 cm³/mol. The molecule has 4 nitrogen and oxygen atoms in total. The Hall–Kier alpha value is -1.14. The van der Waals surface area contributed by atoms with Crippen molar-refractivity contribution < 1.29 is 26.0 Å². The van der Waals surface area contributed by atoms with E-state index >= 15 is 0 Å². The molecule has 0 aliphatic carbocycles. The molecule has 1 aromatic rings. The number of ether oxygens (including phenoxy) is 1. The second-order valence-corrected chi connectivity index (χ2v) is 1.86. The summed E-state index contributed by atoms with van der Waals surface area (Å²) in [5.74, 6) is -2.52. The number of methoxy groups -OCH3 is 1. The first-order valence-corrected chi connectivity index (χ1v) is 2.85. The van der Waals surface area contributed by atoms with Gasteiger partial charge in [0, 0.05) is 11.6 Å². The van der Waals surface area contributed by atoms with Gasteiger partial charge in [-0.3, -0.25) is 0 Å². The van der Waals surface area contributed by atoms with Crippen molar-refractivity contribution in [2.75, 3.05) is 7.04 Å². The van der Waals surface area contributed by atoms with Crippen LogP contribution in [0.25, 0.3) is 0 Å². The van der Waals surface area contributed by atoms with E-state index in [-0.39, 0.29) is 0 Å². The molecule has 64 valence electrons. The van der Waals surface area contributed by atoms with Gasteiger partial charge in [-0.15, -0.1) is 0 Å². The number of halogens is 1. The summed E-state index contributed by atoms with van der Waals surface area (Å²) in [6, 6.07) is -1.04.